The molecular weight excluding hydrogens is 506 g/mol. The summed E-state index contributed by atoms with van der Waals surface area (Å²) in [7, 11) is 1.64. The fourth-order valence-corrected chi connectivity index (χ4v) is 4.16. The molecule has 7 nitrogen and oxygen atoms in total. The van der Waals surface area contributed by atoms with Crippen molar-refractivity contribution >= 4 is 5.91 Å². The van der Waals surface area contributed by atoms with E-state index in [1.54, 1.807) is 19.2 Å². The maximum Gasteiger partial charge on any atom is 0.251 e. The number of ether oxygens (including phenoxy) is 5. The number of hydrogen-bond donors (Lipinski definition) is 1. The molecule has 216 valence electrons. The first-order valence-corrected chi connectivity index (χ1v) is 13.9. The maximum absolute atomic E-state index is 13.5. The van der Waals surface area contributed by atoms with Crippen LogP contribution in [-0.4, -0.2) is 50.6 Å². The van der Waals surface area contributed by atoms with E-state index in [2.05, 4.69) is 5.32 Å². The van der Waals surface area contributed by atoms with E-state index in [0.29, 0.717) is 43.3 Å². The number of amides is 1. The summed E-state index contributed by atoms with van der Waals surface area (Å²) in [6.07, 6.45) is 0.239. The van der Waals surface area contributed by atoms with E-state index in [9.17, 15) is 4.79 Å². The first-order valence-electron chi connectivity index (χ1n) is 13.9. The molecule has 0 aliphatic heterocycles. The topological polar surface area (TPSA) is 75.3 Å². The van der Waals surface area contributed by atoms with Gasteiger partial charge in [-0.15, -0.1) is 0 Å². The highest BCUT2D eigenvalue weighted by molar-refractivity contribution is 5.95. The van der Waals surface area contributed by atoms with E-state index in [1.165, 1.54) is 0 Å². The average molecular weight is 550 g/mol. The molecule has 0 radical (unpaired) electrons. The fraction of sp³-hybridized carbons (Fsp3) is 0.424. The van der Waals surface area contributed by atoms with Gasteiger partial charge in [0.15, 0.2) is 0 Å². The summed E-state index contributed by atoms with van der Waals surface area (Å²) in [5.74, 6) is 1.73. The molecule has 1 N–H and O–H groups in total. The molecule has 0 aliphatic carbocycles. The van der Waals surface area contributed by atoms with Crippen LogP contribution in [0.4, 0.5) is 0 Å². The van der Waals surface area contributed by atoms with Gasteiger partial charge in [-0.25, -0.2) is 0 Å². The zero-order valence-corrected chi connectivity index (χ0v) is 24.5. The number of nitrogens with one attached hydrogen (secondary N) is 1. The van der Waals surface area contributed by atoms with Gasteiger partial charge in [0.1, 0.15) is 17.2 Å². The Hall–Kier alpha value is -3.55. The van der Waals surface area contributed by atoms with Crippen molar-refractivity contribution in [3.8, 4) is 17.2 Å². The molecule has 0 aliphatic rings. The summed E-state index contributed by atoms with van der Waals surface area (Å²) in [5, 5.41) is 3.19. The Labute approximate surface area is 238 Å². The van der Waals surface area contributed by atoms with Crippen molar-refractivity contribution in [2.24, 2.45) is 0 Å². The van der Waals surface area contributed by atoms with Crippen molar-refractivity contribution in [3.63, 3.8) is 0 Å². The lowest BCUT2D eigenvalue weighted by Crippen LogP contribution is -2.45. The molecule has 0 fully saturated rings. The van der Waals surface area contributed by atoms with Crippen molar-refractivity contribution in [3.05, 3.63) is 89.5 Å². The minimum absolute atomic E-state index is 0.0365. The Morgan fingerprint density at radius 3 is 1.95 bits per heavy atom. The highest BCUT2D eigenvalue weighted by Gasteiger charge is 2.23. The Bertz CT molecular complexity index is 1140. The Kier molecular flexibility index (Phi) is 12.3. The minimum Gasteiger partial charge on any atom is -0.497 e. The second kappa shape index (κ2) is 15.9. The molecule has 1 amide bonds. The summed E-state index contributed by atoms with van der Waals surface area (Å²) >= 11 is 0. The van der Waals surface area contributed by atoms with Crippen molar-refractivity contribution in [2.45, 2.75) is 72.0 Å². The first-order chi connectivity index (χ1) is 19.2. The predicted molar refractivity (Wildman–Crippen MR) is 157 cm³/mol. The van der Waals surface area contributed by atoms with E-state index in [4.69, 9.17) is 23.7 Å². The number of carbonyl (C=O) groups is 1. The van der Waals surface area contributed by atoms with Gasteiger partial charge in [0, 0.05) is 11.6 Å². The largest absolute Gasteiger partial charge is 0.497 e. The number of rotatable bonds is 16. The summed E-state index contributed by atoms with van der Waals surface area (Å²) in [4.78, 5) is 13.5. The van der Waals surface area contributed by atoms with Gasteiger partial charge in [0.25, 0.3) is 5.91 Å². The van der Waals surface area contributed by atoms with Gasteiger partial charge >= 0.3 is 0 Å². The number of benzene rings is 3. The van der Waals surface area contributed by atoms with E-state index < -0.39 is 0 Å². The molecule has 0 aromatic heterocycles. The van der Waals surface area contributed by atoms with Crippen LogP contribution in [0, 0.1) is 0 Å². The molecule has 3 aromatic rings. The van der Waals surface area contributed by atoms with Gasteiger partial charge < -0.3 is 29.0 Å². The lowest BCUT2D eigenvalue weighted by molar-refractivity contribution is -0.00653. The van der Waals surface area contributed by atoms with Crippen molar-refractivity contribution < 1.29 is 28.5 Å². The number of hydrogen-bond acceptors (Lipinski definition) is 6. The van der Waals surface area contributed by atoms with Crippen LogP contribution in [0.15, 0.2) is 72.8 Å². The van der Waals surface area contributed by atoms with Gasteiger partial charge in [-0.3, -0.25) is 4.79 Å². The molecule has 3 rings (SSSR count). The quantitative estimate of drug-likeness (QED) is 0.214. The van der Waals surface area contributed by atoms with Crippen LogP contribution in [0.5, 0.6) is 17.2 Å². The van der Waals surface area contributed by atoms with Crippen LogP contribution in [-0.2, 0) is 22.5 Å². The molecule has 0 bridgehead atoms. The van der Waals surface area contributed by atoms with E-state index in [-0.39, 0.29) is 30.3 Å². The summed E-state index contributed by atoms with van der Waals surface area (Å²) in [6.45, 7) is 11.1. The molecule has 0 heterocycles. The second-order valence-electron chi connectivity index (χ2n) is 10.3. The van der Waals surface area contributed by atoms with Gasteiger partial charge in [-0.05, 0) is 76.4 Å². The van der Waals surface area contributed by atoms with E-state index >= 15 is 0 Å². The molecule has 0 spiro atoms. The first kappa shape index (κ1) is 31.0. The summed E-state index contributed by atoms with van der Waals surface area (Å²) < 4.78 is 29.0. The van der Waals surface area contributed by atoms with Crippen molar-refractivity contribution in [1.82, 2.24) is 5.32 Å². The molecule has 7 heteroatoms. The zero-order chi connectivity index (χ0) is 28.9. The lowest BCUT2D eigenvalue weighted by atomic mass is 10.0. The van der Waals surface area contributed by atoms with Gasteiger partial charge in [0.05, 0.1) is 51.3 Å². The maximum atomic E-state index is 13.5. The molecule has 40 heavy (non-hydrogen) atoms. The Balaban J connectivity index is 1.71. The predicted octanol–water partition coefficient (Wildman–Crippen LogP) is 6.23. The van der Waals surface area contributed by atoms with Crippen molar-refractivity contribution in [2.75, 3.05) is 20.3 Å². The number of methoxy groups -OCH3 is 1. The lowest BCUT2D eigenvalue weighted by Gasteiger charge is -2.26. The van der Waals surface area contributed by atoms with Gasteiger partial charge in [-0.2, -0.15) is 0 Å². The van der Waals surface area contributed by atoms with Crippen molar-refractivity contribution in [1.29, 1.82) is 0 Å². The van der Waals surface area contributed by atoms with Crippen LogP contribution in [0.25, 0.3) is 0 Å². The molecular formula is C33H43NO6. The smallest absolute Gasteiger partial charge is 0.251 e. The average Bonchev–Trinajstić information content (AvgIpc) is 2.92. The SMILES string of the molecule is COc1ccc(CC(NC(=O)c2cc(OC(C)C)cc(OC(C)C)c2)C(C)OCCOCc2ccccc2)cc1. The standard InChI is InChI=1S/C33H43NO6/c1-23(2)39-30-19-28(20-31(21-30)40-24(3)4)33(35)34-32(18-26-12-14-29(36-6)15-13-26)25(5)38-17-16-37-22-27-10-8-7-9-11-27/h7-15,19-21,23-25,32H,16-18,22H2,1-6H3,(H,34,35). The second-order valence-corrected chi connectivity index (χ2v) is 10.3. The molecule has 0 saturated carbocycles. The monoisotopic (exact) mass is 549 g/mol. The molecule has 0 saturated heterocycles. The highest BCUT2D eigenvalue weighted by atomic mass is 16.5. The third kappa shape index (κ3) is 10.5. The minimum atomic E-state index is -0.292. The Morgan fingerprint density at radius 2 is 1.38 bits per heavy atom. The normalized spacial score (nSPS) is 12.7. The van der Waals surface area contributed by atoms with Gasteiger partial charge in [0.2, 0.25) is 0 Å². The molecule has 2 atom stereocenters. The number of carbonyl (C=O) groups excluding carboxylic acids is 1. The van der Waals surface area contributed by atoms with Gasteiger partial charge in [-0.1, -0.05) is 42.5 Å². The Morgan fingerprint density at radius 1 is 0.750 bits per heavy atom. The molecule has 3 aromatic carbocycles. The van der Waals surface area contributed by atoms with E-state index in [1.807, 2.05) is 95.3 Å². The fourth-order valence-electron chi connectivity index (χ4n) is 4.16. The zero-order valence-electron chi connectivity index (χ0n) is 24.5. The van der Waals surface area contributed by atoms with E-state index in [0.717, 1.165) is 16.9 Å². The van der Waals surface area contributed by atoms with Crippen LogP contribution in [0.1, 0.15) is 56.1 Å². The van der Waals surface area contributed by atoms with Crippen LogP contribution in [0.3, 0.4) is 0 Å². The van der Waals surface area contributed by atoms with Crippen LogP contribution in [0.2, 0.25) is 0 Å². The molecule has 2 unspecified atom stereocenters. The summed E-state index contributed by atoms with van der Waals surface area (Å²) in [5.41, 5.74) is 2.64. The summed E-state index contributed by atoms with van der Waals surface area (Å²) in [6, 6.07) is 22.9. The third-order valence-corrected chi connectivity index (χ3v) is 6.10. The van der Waals surface area contributed by atoms with Crippen LogP contribution >= 0.6 is 0 Å². The highest BCUT2D eigenvalue weighted by Crippen LogP contribution is 2.25. The van der Waals surface area contributed by atoms with Crippen LogP contribution < -0.4 is 19.5 Å². The third-order valence-electron chi connectivity index (χ3n) is 6.10.